The molecule has 1 fully saturated rings. The molecule has 2 heterocycles. The largest absolute Gasteiger partial charge is 0.383 e. The number of hydrogen-bond acceptors (Lipinski definition) is 5. The monoisotopic (exact) mass is 339 g/mol. The standard InChI is InChI=1S/C16H25N3O3S/c1-12(11-22-3)18-6-8-19(9-7-18)16(21)13(2)17-15(20)14-5-4-10-23-14/h4-5,10,12-13H,6-9,11H2,1-3H3,(H,17,20)/t12-,13+/m1/s1. The molecule has 2 rings (SSSR count). The maximum Gasteiger partial charge on any atom is 0.261 e. The van der Waals surface area contributed by atoms with E-state index in [2.05, 4.69) is 17.1 Å². The number of nitrogens with zero attached hydrogens (tertiary/aromatic N) is 2. The van der Waals surface area contributed by atoms with Gasteiger partial charge in [0.1, 0.15) is 6.04 Å². The summed E-state index contributed by atoms with van der Waals surface area (Å²) in [6, 6.07) is 3.43. The predicted molar refractivity (Wildman–Crippen MR) is 90.7 cm³/mol. The lowest BCUT2D eigenvalue weighted by Crippen LogP contribution is -2.56. The van der Waals surface area contributed by atoms with E-state index in [0.29, 0.717) is 30.6 Å². The number of nitrogens with one attached hydrogen (secondary N) is 1. The number of methoxy groups -OCH3 is 1. The second kappa shape index (κ2) is 8.42. The smallest absolute Gasteiger partial charge is 0.261 e. The number of amides is 2. The fraction of sp³-hybridized carbons (Fsp3) is 0.625. The van der Waals surface area contributed by atoms with Crippen LogP contribution in [0.4, 0.5) is 0 Å². The van der Waals surface area contributed by atoms with Gasteiger partial charge in [0.15, 0.2) is 0 Å². The Kier molecular flexibility index (Phi) is 6.56. The molecule has 0 unspecified atom stereocenters. The Balaban J connectivity index is 1.81. The van der Waals surface area contributed by atoms with Crippen molar-refractivity contribution in [3.05, 3.63) is 22.4 Å². The quantitative estimate of drug-likeness (QED) is 0.841. The molecule has 0 radical (unpaired) electrons. The van der Waals surface area contributed by atoms with E-state index in [-0.39, 0.29) is 11.8 Å². The number of rotatable bonds is 6. The van der Waals surface area contributed by atoms with Crippen molar-refractivity contribution in [3.63, 3.8) is 0 Å². The Morgan fingerprint density at radius 1 is 1.30 bits per heavy atom. The molecule has 1 N–H and O–H groups in total. The molecule has 6 nitrogen and oxygen atoms in total. The summed E-state index contributed by atoms with van der Waals surface area (Å²) in [6.07, 6.45) is 0. The third kappa shape index (κ3) is 4.76. The van der Waals surface area contributed by atoms with E-state index in [0.717, 1.165) is 13.1 Å². The van der Waals surface area contributed by atoms with Crippen molar-refractivity contribution < 1.29 is 14.3 Å². The van der Waals surface area contributed by atoms with Crippen LogP contribution in [0.5, 0.6) is 0 Å². The summed E-state index contributed by atoms with van der Waals surface area (Å²) in [5.74, 6) is -0.206. The first-order valence-corrected chi connectivity index (χ1v) is 8.77. The maximum absolute atomic E-state index is 12.5. The zero-order chi connectivity index (χ0) is 16.8. The molecule has 0 aromatic carbocycles. The van der Waals surface area contributed by atoms with Gasteiger partial charge in [0.2, 0.25) is 5.91 Å². The Morgan fingerprint density at radius 3 is 2.57 bits per heavy atom. The van der Waals surface area contributed by atoms with Crippen molar-refractivity contribution in [3.8, 4) is 0 Å². The van der Waals surface area contributed by atoms with Crippen LogP contribution in [-0.2, 0) is 9.53 Å². The van der Waals surface area contributed by atoms with E-state index in [9.17, 15) is 9.59 Å². The molecule has 2 atom stereocenters. The van der Waals surface area contributed by atoms with Crippen molar-refractivity contribution in [1.82, 2.24) is 15.1 Å². The molecule has 0 bridgehead atoms. The summed E-state index contributed by atoms with van der Waals surface area (Å²) in [5.41, 5.74) is 0. The summed E-state index contributed by atoms with van der Waals surface area (Å²) in [4.78, 5) is 29.3. The molecular formula is C16H25N3O3S. The summed E-state index contributed by atoms with van der Waals surface area (Å²) in [6.45, 7) is 7.61. The lowest BCUT2D eigenvalue weighted by Gasteiger charge is -2.38. The SMILES string of the molecule is COC[C@@H](C)N1CCN(C(=O)[C@H](C)NC(=O)c2cccs2)CC1. The molecule has 1 aliphatic rings. The van der Waals surface area contributed by atoms with Gasteiger partial charge in [0, 0.05) is 39.3 Å². The van der Waals surface area contributed by atoms with Gasteiger partial charge in [0.05, 0.1) is 11.5 Å². The van der Waals surface area contributed by atoms with Crippen LogP contribution in [0.3, 0.4) is 0 Å². The minimum atomic E-state index is -0.507. The van der Waals surface area contributed by atoms with Gasteiger partial charge >= 0.3 is 0 Å². The van der Waals surface area contributed by atoms with Crippen molar-refractivity contribution in [2.75, 3.05) is 39.9 Å². The van der Waals surface area contributed by atoms with Crippen molar-refractivity contribution in [2.24, 2.45) is 0 Å². The van der Waals surface area contributed by atoms with E-state index < -0.39 is 6.04 Å². The van der Waals surface area contributed by atoms with Crippen LogP contribution in [0.2, 0.25) is 0 Å². The van der Waals surface area contributed by atoms with Gasteiger partial charge in [0.25, 0.3) is 5.91 Å². The Morgan fingerprint density at radius 2 is 2.00 bits per heavy atom. The number of piperazine rings is 1. The molecule has 1 saturated heterocycles. The molecule has 1 aliphatic heterocycles. The Hall–Kier alpha value is -1.44. The predicted octanol–water partition coefficient (Wildman–Crippen LogP) is 1.05. The average Bonchev–Trinajstić information content (AvgIpc) is 3.09. The normalized spacial score (nSPS) is 18.5. The zero-order valence-electron chi connectivity index (χ0n) is 13.9. The second-order valence-corrected chi connectivity index (χ2v) is 6.79. The summed E-state index contributed by atoms with van der Waals surface area (Å²) >= 11 is 1.37. The first kappa shape index (κ1) is 17.9. The first-order chi connectivity index (χ1) is 11.0. The van der Waals surface area contributed by atoms with Gasteiger partial charge in [-0.2, -0.15) is 0 Å². The molecule has 0 spiro atoms. The number of hydrogen-bond donors (Lipinski definition) is 1. The van der Waals surface area contributed by atoms with E-state index in [1.165, 1.54) is 11.3 Å². The molecule has 2 amide bonds. The average molecular weight is 339 g/mol. The van der Waals surface area contributed by atoms with Crippen LogP contribution in [0.15, 0.2) is 17.5 Å². The van der Waals surface area contributed by atoms with Gasteiger partial charge in [-0.05, 0) is 25.3 Å². The van der Waals surface area contributed by atoms with E-state index in [4.69, 9.17) is 4.74 Å². The van der Waals surface area contributed by atoms with Crippen LogP contribution in [-0.4, -0.2) is 73.6 Å². The third-order valence-corrected chi connectivity index (χ3v) is 4.99. The molecule has 7 heteroatoms. The summed E-state index contributed by atoms with van der Waals surface area (Å²) < 4.78 is 5.18. The van der Waals surface area contributed by atoms with Crippen LogP contribution in [0, 0.1) is 0 Å². The fourth-order valence-electron chi connectivity index (χ4n) is 2.74. The first-order valence-electron chi connectivity index (χ1n) is 7.89. The fourth-order valence-corrected chi connectivity index (χ4v) is 3.37. The van der Waals surface area contributed by atoms with Crippen molar-refractivity contribution in [2.45, 2.75) is 25.9 Å². The highest BCUT2D eigenvalue weighted by Gasteiger charge is 2.27. The molecular weight excluding hydrogens is 314 g/mol. The molecule has 1 aromatic heterocycles. The van der Waals surface area contributed by atoms with Crippen molar-refractivity contribution in [1.29, 1.82) is 0 Å². The highest BCUT2D eigenvalue weighted by molar-refractivity contribution is 7.12. The van der Waals surface area contributed by atoms with E-state index >= 15 is 0 Å². The van der Waals surface area contributed by atoms with Crippen LogP contribution in [0.1, 0.15) is 23.5 Å². The highest BCUT2D eigenvalue weighted by Crippen LogP contribution is 2.10. The second-order valence-electron chi connectivity index (χ2n) is 5.84. The Bertz CT molecular complexity index is 513. The zero-order valence-corrected chi connectivity index (χ0v) is 14.8. The lowest BCUT2D eigenvalue weighted by molar-refractivity contribution is -0.135. The van der Waals surface area contributed by atoms with Gasteiger partial charge in [-0.25, -0.2) is 0 Å². The van der Waals surface area contributed by atoms with Crippen LogP contribution < -0.4 is 5.32 Å². The summed E-state index contributed by atoms with van der Waals surface area (Å²) in [5, 5.41) is 4.63. The number of carbonyl (C=O) groups is 2. The van der Waals surface area contributed by atoms with Gasteiger partial charge in [-0.1, -0.05) is 6.07 Å². The van der Waals surface area contributed by atoms with Crippen LogP contribution >= 0.6 is 11.3 Å². The number of ether oxygens (including phenoxy) is 1. The van der Waals surface area contributed by atoms with Crippen molar-refractivity contribution >= 4 is 23.2 Å². The van der Waals surface area contributed by atoms with Gasteiger partial charge in [-0.15, -0.1) is 11.3 Å². The molecule has 23 heavy (non-hydrogen) atoms. The van der Waals surface area contributed by atoms with Crippen LogP contribution in [0.25, 0.3) is 0 Å². The minimum absolute atomic E-state index is 0.0195. The van der Waals surface area contributed by atoms with Gasteiger partial charge in [-0.3, -0.25) is 14.5 Å². The molecule has 128 valence electrons. The summed E-state index contributed by atoms with van der Waals surface area (Å²) in [7, 11) is 1.70. The molecule has 1 aromatic rings. The molecule has 0 aliphatic carbocycles. The van der Waals surface area contributed by atoms with E-state index in [1.54, 1.807) is 20.1 Å². The number of carbonyl (C=O) groups excluding carboxylic acids is 2. The number of thiophene rings is 1. The minimum Gasteiger partial charge on any atom is -0.383 e. The maximum atomic E-state index is 12.5. The molecule has 0 saturated carbocycles. The Labute approximate surface area is 141 Å². The highest BCUT2D eigenvalue weighted by atomic mass is 32.1. The van der Waals surface area contributed by atoms with E-state index in [1.807, 2.05) is 16.3 Å². The lowest BCUT2D eigenvalue weighted by atomic mass is 10.2. The topological polar surface area (TPSA) is 61.9 Å². The third-order valence-electron chi connectivity index (χ3n) is 4.12. The van der Waals surface area contributed by atoms with Gasteiger partial charge < -0.3 is 15.0 Å².